The first-order valence-electron chi connectivity index (χ1n) is 11.1. The van der Waals surface area contributed by atoms with E-state index in [1.807, 2.05) is 6.07 Å². The summed E-state index contributed by atoms with van der Waals surface area (Å²) in [5, 5.41) is 14.2. The molecule has 1 N–H and O–H groups in total. The molecule has 23 heavy (non-hydrogen) atoms. The molecule has 1 aliphatic carbocycles. The Labute approximate surface area is 145 Å². The van der Waals surface area contributed by atoms with E-state index < -0.39 is 37.5 Å². The Balaban J connectivity index is 1.83. The Morgan fingerprint density at radius 2 is 2.30 bits per heavy atom. The van der Waals surface area contributed by atoms with Crippen molar-refractivity contribution in [2.75, 3.05) is 0 Å². The molecular formula is C17H18N6. The Bertz CT molecular complexity index is 1150. The molecule has 3 aromatic heterocycles. The van der Waals surface area contributed by atoms with E-state index in [1.165, 1.54) is 23.4 Å². The van der Waals surface area contributed by atoms with Crippen LogP contribution in [-0.2, 0) is 0 Å². The Morgan fingerprint density at radius 3 is 3.13 bits per heavy atom. The third-order valence-corrected chi connectivity index (χ3v) is 3.77. The van der Waals surface area contributed by atoms with Gasteiger partial charge in [-0.3, -0.25) is 4.68 Å². The van der Waals surface area contributed by atoms with Crippen LogP contribution in [0.2, 0.25) is 0 Å². The van der Waals surface area contributed by atoms with Gasteiger partial charge in [0.25, 0.3) is 0 Å². The van der Waals surface area contributed by atoms with E-state index in [1.54, 1.807) is 12.3 Å². The predicted molar refractivity (Wildman–Crippen MR) is 86.3 cm³/mol. The van der Waals surface area contributed by atoms with Crippen LogP contribution in [0.3, 0.4) is 0 Å². The fraction of sp³-hybridized carbons (Fsp3) is 0.412. The van der Waals surface area contributed by atoms with Gasteiger partial charge in [0.1, 0.15) is 12.0 Å². The summed E-state index contributed by atoms with van der Waals surface area (Å²) >= 11 is 0. The molecule has 0 amide bonds. The molecule has 0 bridgehead atoms. The van der Waals surface area contributed by atoms with Crippen molar-refractivity contribution >= 4 is 11.0 Å². The molecule has 0 spiro atoms. The first kappa shape index (κ1) is 7.73. The van der Waals surface area contributed by atoms with Gasteiger partial charge in [-0.05, 0) is 24.7 Å². The molecule has 0 aliphatic heterocycles. The zero-order chi connectivity index (χ0) is 22.8. The lowest BCUT2D eigenvalue weighted by atomic mass is 9.96. The number of fused-ring (bicyclic) bond motifs is 1. The summed E-state index contributed by atoms with van der Waals surface area (Å²) in [7, 11) is 0. The number of aromatic amines is 1. The van der Waals surface area contributed by atoms with Crippen molar-refractivity contribution < 1.29 is 11.0 Å². The molecule has 116 valence electrons. The number of nitriles is 1. The molecule has 1 fully saturated rings. The van der Waals surface area contributed by atoms with Crippen molar-refractivity contribution in [3.8, 4) is 17.3 Å². The highest BCUT2D eigenvalue weighted by Crippen LogP contribution is 2.36. The number of nitrogens with zero attached hydrogens (tertiary/aromatic N) is 5. The van der Waals surface area contributed by atoms with Gasteiger partial charge in [0, 0.05) is 34.3 Å². The van der Waals surface area contributed by atoms with Gasteiger partial charge in [0.15, 0.2) is 0 Å². The Hall–Kier alpha value is -2.68. The van der Waals surface area contributed by atoms with Crippen molar-refractivity contribution in [2.45, 2.75) is 38.0 Å². The highest BCUT2D eigenvalue weighted by Gasteiger charge is 2.27. The topological polar surface area (TPSA) is 83.2 Å². The van der Waals surface area contributed by atoms with Gasteiger partial charge in [-0.1, -0.05) is 12.7 Å². The van der Waals surface area contributed by atoms with Crippen LogP contribution < -0.4 is 0 Å². The van der Waals surface area contributed by atoms with Crippen LogP contribution >= 0.6 is 0 Å². The quantitative estimate of drug-likeness (QED) is 0.799. The average molecular weight is 314 g/mol. The highest BCUT2D eigenvalue weighted by atomic mass is 15.3. The molecule has 0 unspecified atom stereocenters. The summed E-state index contributed by atoms with van der Waals surface area (Å²) in [5.74, 6) is -1.81. The lowest BCUT2D eigenvalue weighted by Crippen LogP contribution is -2.17. The molecule has 0 radical (unpaired) electrons. The maximum absolute atomic E-state index is 9.35. The van der Waals surface area contributed by atoms with Crippen LogP contribution in [0.25, 0.3) is 22.3 Å². The first-order chi connectivity index (χ1) is 14.4. The zero-order valence-electron chi connectivity index (χ0n) is 20.0. The largest absolute Gasteiger partial charge is 0.346 e. The van der Waals surface area contributed by atoms with E-state index in [-0.39, 0.29) is 6.42 Å². The maximum Gasteiger partial charge on any atom is 0.141 e. The van der Waals surface area contributed by atoms with Gasteiger partial charge in [-0.2, -0.15) is 10.4 Å². The second-order valence-electron chi connectivity index (χ2n) is 5.12. The SMILES string of the molecule is [2H]C1([2H])C([C@@H](CC#N)n2cc(-c3ncnc4[nH]ccc34)cn2)C([2H])([2H])C([2H])([2H])C1([2H])[2H]. The van der Waals surface area contributed by atoms with Gasteiger partial charge in [-0.25, -0.2) is 9.97 Å². The first-order valence-corrected chi connectivity index (χ1v) is 7.07. The molecule has 0 aromatic carbocycles. The average Bonchev–Trinajstić information content (AvgIpc) is 3.37. The highest BCUT2D eigenvalue weighted by molar-refractivity contribution is 5.89. The van der Waals surface area contributed by atoms with Crippen molar-refractivity contribution in [2.24, 2.45) is 5.92 Å². The molecule has 3 aromatic rings. The molecule has 6 heteroatoms. The minimum Gasteiger partial charge on any atom is -0.346 e. The van der Waals surface area contributed by atoms with Gasteiger partial charge < -0.3 is 4.98 Å². The fourth-order valence-corrected chi connectivity index (χ4v) is 2.66. The minimum atomic E-state index is -3.12. The van der Waals surface area contributed by atoms with E-state index >= 15 is 0 Å². The predicted octanol–water partition coefficient (Wildman–Crippen LogP) is 3.47. The van der Waals surface area contributed by atoms with Crippen molar-refractivity contribution in [1.82, 2.24) is 24.7 Å². The smallest absolute Gasteiger partial charge is 0.141 e. The van der Waals surface area contributed by atoms with Crippen LogP contribution in [0.5, 0.6) is 0 Å². The lowest BCUT2D eigenvalue weighted by molar-refractivity contribution is 0.315. The molecule has 6 nitrogen and oxygen atoms in total. The summed E-state index contributed by atoms with van der Waals surface area (Å²) in [6, 6.07) is 2.40. The Kier molecular flexibility index (Phi) is 1.96. The normalized spacial score (nSPS) is 30.6. The lowest BCUT2D eigenvalue weighted by Gasteiger charge is -2.21. The molecule has 4 rings (SSSR count). The molecule has 1 aliphatic rings. The van der Waals surface area contributed by atoms with Gasteiger partial charge in [0.05, 0.1) is 30.4 Å². The summed E-state index contributed by atoms with van der Waals surface area (Å²) in [6.45, 7) is 0. The molecule has 0 saturated heterocycles. The summed E-state index contributed by atoms with van der Waals surface area (Å²) < 4.78 is 66.5. The third-order valence-electron chi connectivity index (χ3n) is 3.77. The number of rotatable bonds is 4. The number of nitrogens with one attached hydrogen (secondary N) is 1. The van der Waals surface area contributed by atoms with Crippen molar-refractivity contribution in [3.05, 3.63) is 31.0 Å². The second kappa shape index (κ2) is 5.84. The summed E-state index contributed by atoms with van der Waals surface area (Å²) in [6.07, 6.45) is -6.49. The van der Waals surface area contributed by atoms with Gasteiger partial charge in [0.2, 0.25) is 0 Å². The summed E-state index contributed by atoms with van der Waals surface area (Å²) in [4.78, 5) is 11.3. The Morgan fingerprint density at radius 1 is 1.43 bits per heavy atom. The maximum atomic E-state index is 9.35. The monoisotopic (exact) mass is 314 g/mol. The van der Waals surface area contributed by atoms with E-state index in [0.717, 1.165) is 0 Å². The minimum absolute atomic E-state index is 0.389. The van der Waals surface area contributed by atoms with E-state index in [0.29, 0.717) is 22.3 Å². The van der Waals surface area contributed by atoms with Crippen LogP contribution in [0.4, 0.5) is 0 Å². The second-order valence-corrected chi connectivity index (χ2v) is 5.12. The summed E-state index contributed by atoms with van der Waals surface area (Å²) in [5.41, 5.74) is 1.63. The van der Waals surface area contributed by atoms with Crippen molar-refractivity contribution in [1.29, 1.82) is 5.26 Å². The molecule has 1 saturated carbocycles. The number of aromatic nitrogens is 5. The van der Waals surface area contributed by atoms with E-state index in [9.17, 15) is 5.26 Å². The number of hydrogen-bond acceptors (Lipinski definition) is 4. The fourth-order valence-electron chi connectivity index (χ4n) is 2.66. The van der Waals surface area contributed by atoms with Crippen molar-refractivity contribution in [3.63, 3.8) is 0 Å². The zero-order valence-corrected chi connectivity index (χ0v) is 12.0. The van der Waals surface area contributed by atoms with Gasteiger partial charge >= 0.3 is 0 Å². The third kappa shape index (κ3) is 2.48. The van der Waals surface area contributed by atoms with Crippen LogP contribution in [0.1, 0.15) is 48.9 Å². The van der Waals surface area contributed by atoms with E-state index in [4.69, 9.17) is 11.0 Å². The number of hydrogen-bond donors (Lipinski definition) is 1. The molecule has 3 heterocycles. The number of H-pyrrole nitrogens is 1. The standard InChI is InChI=1S/C17H18N6/c18-7-5-15(12-3-1-2-4-12)23-10-13(9-22-23)16-14-6-8-19-17(14)21-11-20-16/h6,8-12,15H,1-5H2,(H,19,20,21)/t15-/m1/s1/i1D2,2D2,3D2,4D2. The van der Waals surface area contributed by atoms with Crippen LogP contribution in [0, 0.1) is 17.2 Å². The molecule has 1 atom stereocenters. The van der Waals surface area contributed by atoms with Gasteiger partial charge in [-0.15, -0.1) is 0 Å². The van der Waals surface area contributed by atoms with Crippen LogP contribution in [-0.4, -0.2) is 24.7 Å². The van der Waals surface area contributed by atoms with Crippen LogP contribution in [0.15, 0.2) is 31.0 Å². The van der Waals surface area contributed by atoms with E-state index in [2.05, 4.69) is 20.1 Å². The molecular weight excluding hydrogens is 288 g/mol.